The summed E-state index contributed by atoms with van der Waals surface area (Å²) in [5, 5.41) is 8.56. The smallest absolute Gasteiger partial charge is 0.481 e. The molecular formula is C51H94N6O12S3Tc+6. The van der Waals surface area contributed by atoms with Crippen LogP contribution in [0, 0.1) is 39.4 Å². The number of methoxy groups -OCH3 is 5. The molecule has 0 atom stereocenters. The van der Waals surface area contributed by atoms with Crippen LogP contribution in [0.15, 0.2) is 0 Å². The van der Waals surface area contributed by atoms with Gasteiger partial charge in [-0.05, 0) is 133 Å². The molecule has 419 valence electrons. The minimum absolute atomic E-state index is 0. The minimum Gasteiger partial charge on any atom is -0.481 e. The van der Waals surface area contributed by atoms with Crippen molar-refractivity contribution in [2.45, 2.75) is 168 Å². The predicted molar refractivity (Wildman–Crippen MR) is 293 cm³/mol. The number of sulfone groups is 2. The van der Waals surface area contributed by atoms with E-state index >= 15 is 0 Å². The Morgan fingerprint density at radius 3 is 0.945 bits per heavy atom. The largest absolute Gasteiger partial charge is 6.00 e. The van der Waals surface area contributed by atoms with E-state index in [0.717, 1.165) is 17.9 Å². The molecule has 0 aromatic heterocycles. The van der Waals surface area contributed by atoms with Gasteiger partial charge < -0.3 is 62.6 Å². The maximum absolute atomic E-state index is 12.1. The Morgan fingerprint density at radius 2 is 0.685 bits per heavy atom. The van der Waals surface area contributed by atoms with E-state index in [1.165, 1.54) is 0 Å². The van der Waals surface area contributed by atoms with Crippen LogP contribution in [0.2, 0.25) is 0 Å². The van der Waals surface area contributed by atoms with Crippen molar-refractivity contribution >= 4 is 37.4 Å². The normalized spacial score (nSPS) is 11.4. The molecule has 0 aliphatic heterocycles. The fourth-order valence-electron chi connectivity index (χ4n) is 4.13. The van der Waals surface area contributed by atoms with Crippen LogP contribution in [0.25, 0.3) is 29.1 Å². The third-order valence-corrected chi connectivity index (χ3v) is 14.5. The molecule has 0 aromatic carbocycles. The van der Waals surface area contributed by atoms with Gasteiger partial charge in [-0.3, -0.25) is 4.79 Å². The molecule has 0 rings (SSSR count). The number of unbranched alkanes of at least 4 members (excludes halogenated alkanes) is 3. The molecule has 0 fully saturated rings. The van der Waals surface area contributed by atoms with E-state index in [2.05, 4.69) is 29.1 Å². The van der Waals surface area contributed by atoms with Gasteiger partial charge in [0.25, 0.3) is 0 Å². The van der Waals surface area contributed by atoms with Crippen molar-refractivity contribution < 1.29 is 75.3 Å². The van der Waals surface area contributed by atoms with Crippen LogP contribution in [0.1, 0.15) is 134 Å². The van der Waals surface area contributed by atoms with E-state index in [1.807, 2.05) is 69.2 Å². The summed E-state index contributed by atoms with van der Waals surface area (Å²) >= 11 is 1.65. The molecule has 0 aromatic rings. The van der Waals surface area contributed by atoms with Crippen LogP contribution in [0.4, 0.5) is 0 Å². The summed E-state index contributed by atoms with van der Waals surface area (Å²) in [6, 6.07) is 0. The van der Waals surface area contributed by atoms with Gasteiger partial charge >= 0.3 is 26.1 Å². The Balaban J connectivity index is -0.000000171. The molecule has 0 saturated carbocycles. The Hall–Kier alpha value is -2.93. The van der Waals surface area contributed by atoms with E-state index in [4.69, 9.17) is 73.0 Å². The van der Waals surface area contributed by atoms with E-state index < -0.39 is 31.2 Å². The molecule has 0 spiro atoms. The maximum atomic E-state index is 12.1. The first-order valence-corrected chi connectivity index (χ1v) is 28.4. The standard InChI is InChI=1S/C21H39NO7S3.5C6H11NO.Tc/c1-21(2,19-22-3)29-12-9-17-31(25,26)15-7-4-8-16-32(27,28)18-10-14-30-13-6-5-11-20(23)24;5*1-6(2,8-4)5-7-3;/h4-19H2,1-2H3,(H,23,24);5*5H2,1-2,4H3;/q;;;;;;+6. The fraction of sp³-hybridized carbons (Fsp3) is 0.863. The van der Waals surface area contributed by atoms with Crippen molar-refractivity contribution in [1.29, 1.82) is 0 Å². The zero-order chi connectivity index (χ0) is 57.6. The van der Waals surface area contributed by atoms with Gasteiger partial charge in [0.2, 0.25) is 39.3 Å². The van der Waals surface area contributed by atoms with Gasteiger partial charge in [-0.2, -0.15) is 11.8 Å². The number of carboxylic acid groups (broad SMARTS) is 1. The van der Waals surface area contributed by atoms with Crippen LogP contribution < -0.4 is 0 Å². The van der Waals surface area contributed by atoms with Crippen molar-refractivity contribution in [3.05, 3.63) is 68.5 Å². The van der Waals surface area contributed by atoms with E-state index in [1.54, 1.807) is 61.2 Å². The number of hydrogen-bond acceptors (Lipinski definition) is 12. The summed E-state index contributed by atoms with van der Waals surface area (Å²) in [4.78, 5) is 29.7. The zero-order valence-corrected chi connectivity index (χ0v) is 51.9. The van der Waals surface area contributed by atoms with Crippen molar-refractivity contribution in [1.82, 2.24) is 0 Å². The second-order valence-electron chi connectivity index (χ2n) is 19.9. The summed E-state index contributed by atoms with van der Waals surface area (Å²) in [6.45, 7) is 64.6. The Bertz CT molecular complexity index is 1730. The first-order valence-electron chi connectivity index (χ1n) is 23.6. The molecule has 0 aliphatic carbocycles. The maximum Gasteiger partial charge on any atom is 6.00 e. The second-order valence-corrected chi connectivity index (χ2v) is 25.7. The monoisotopic (exact) mass is 1180 g/mol. The summed E-state index contributed by atoms with van der Waals surface area (Å²) in [5.41, 5.74) is -1.88. The number of rotatable bonds is 31. The van der Waals surface area contributed by atoms with Gasteiger partial charge in [0.05, 0.1) is 23.0 Å². The van der Waals surface area contributed by atoms with Gasteiger partial charge in [0.1, 0.15) is 53.3 Å². The second kappa shape index (κ2) is 47.5. The zero-order valence-electron chi connectivity index (χ0n) is 47.6. The van der Waals surface area contributed by atoms with E-state index in [0.29, 0.717) is 77.9 Å². The number of carbonyl (C=O) groups is 1. The van der Waals surface area contributed by atoms with E-state index in [-0.39, 0.29) is 84.1 Å². The topological polar surface area (TPSA) is 187 Å². The third kappa shape index (κ3) is 69.1. The predicted octanol–water partition coefficient (Wildman–Crippen LogP) is 10.1. The Kier molecular flexibility index (Phi) is 54.7. The first kappa shape index (κ1) is 84.0. The molecule has 0 amide bonds. The van der Waals surface area contributed by atoms with Gasteiger partial charge in [0, 0.05) is 48.6 Å². The molecule has 0 unspecified atom stereocenters. The third-order valence-electron chi connectivity index (χ3n) is 9.70. The van der Waals surface area contributed by atoms with Crippen LogP contribution in [0.5, 0.6) is 0 Å². The summed E-state index contributed by atoms with van der Waals surface area (Å²) in [6.07, 6.45) is 4.08. The van der Waals surface area contributed by atoms with Crippen molar-refractivity contribution in [3.8, 4) is 0 Å². The Labute approximate surface area is 462 Å². The molecule has 0 saturated heterocycles. The fourth-order valence-corrected chi connectivity index (χ4v) is 8.11. The summed E-state index contributed by atoms with van der Waals surface area (Å²) < 4.78 is 78.7. The van der Waals surface area contributed by atoms with E-state index in [9.17, 15) is 21.6 Å². The van der Waals surface area contributed by atoms with Gasteiger partial charge in [-0.1, -0.05) is 6.42 Å². The Morgan fingerprint density at radius 1 is 0.425 bits per heavy atom. The first-order chi connectivity index (χ1) is 33.0. The molecular weight excluding hydrogens is 1080 g/mol. The molecule has 0 aliphatic rings. The van der Waals surface area contributed by atoms with Gasteiger partial charge in [-0.25, -0.2) is 56.3 Å². The number of aliphatic carboxylic acids is 1. The van der Waals surface area contributed by atoms with Crippen LogP contribution in [-0.4, -0.2) is 177 Å². The van der Waals surface area contributed by atoms with Crippen LogP contribution in [0.3, 0.4) is 0 Å². The number of carboxylic acids is 1. The molecule has 1 radical (unpaired) electrons. The number of ether oxygens (including phenoxy) is 6. The van der Waals surface area contributed by atoms with Gasteiger partial charge in [0.15, 0.2) is 0 Å². The molecule has 1 N–H and O–H groups in total. The number of nitrogens with zero attached hydrogens (tertiary/aromatic N) is 6. The molecule has 0 heterocycles. The number of thioether (sulfide) groups is 1. The van der Waals surface area contributed by atoms with Gasteiger partial charge in [-0.15, -0.1) is 0 Å². The van der Waals surface area contributed by atoms with Crippen molar-refractivity contribution in [2.24, 2.45) is 0 Å². The SMILES string of the molecule is [C-]#[N+]CC(C)(C)OC.[C-]#[N+]CC(C)(C)OC.[C-]#[N+]CC(C)(C)OC.[C-]#[N+]CC(C)(C)OC.[C-]#[N+]CC(C)(C)OC.[C-]#[N+]CC(C)(C)OCCCS(=O)(=O)CCCCCS(=O)(=O)CCCSCCCCC(=O)O.[Tc+6]. The minimum atomic E-state index is -3.18. The van der Waals surface area contributed by atoms with Crippen LogP contribution in [-0.2, 0) is 73.0 Å². The average molecular weight is 1180 g/mol. The molecule has 18 nitrogen and oxygen atoms in total. The molecule has 73 heavy (non-hydrogen) atoms. The molecule has 22 heteroatoms. The quantitative estimate of drug-likeness (QED) is 0.0511. The summed E-state index contributed by atoms with van der Waals surface area (Å²) in [5.74, 6) is 1.10. The molecule has 0 bridgehead atoms. The van der Waals surface area contributed by atoms with Crippen molar-refractivity contribution in [2.75, 3.05) is 116 Å². The van der Waals surface area contributed by atoms with Crippen molar-refractivity contribution in [3.63, 3.8) is 0 Å². The average Bonchev–Trinajstić information content (AvgIpc) is 3.27. The summed E-state index contributed by atoms with van der Waals surface area (Å²) in [7, 11) is 1.78. The van der Waals surface area contributed by atoms with Crippen LogP contribution >= 0.6 is 11.8 Å². The number of hydrogen-bond donors (Lipinski definition) is 1.